The van der Waals surface area contributed by atoms with Crippen molar-refractivity contribution in [2.24, 2.45) is 0 Å². The number of carboxylic acids is 1. The molecule has 198 valence electrons. The lowest BCUT2D eigenvalue weighted by Crippen LogP contribution is -2.45. The Morgan fingerprint density at radius 1 is 1.11 bits per heavy atom. The first-order chi connectivity index (χ1) is 17.4. The largest absolute Gasteiger partial charge is 0.480 e. The molecule has 36 heavy (non-hydrogen) atoms. The molecule has 1 aliphatic carbocycles. The molecule has 3 atom stereocenters. The van der Waals surface area contributed by atoms with Gasteiger partial charge in [-0.15, -0.1) is 0 Å². The number of carbonyl (C=O) groups is 1. The normalized spacial score (nSPS) is 22.9. The minimum Gasteiger partial charge on any atom is -0.480 e. The lowest BCUT2D eigenvalue weighted by atomic mass is 9.94. The van der Waals surface area contributed by atoms with Crippen LogP contribution in [0.1, 0.15) is 84.1 Å². The van der Waals surface area contributed by atoms with Gasteiger partial charge in [0, 0.05) is 30.7 Å². The average Bonchev–Trinajstić information content (AvgIpc) is 3.17. The predicted octanol–water partition coefficient (Wildman–Crippen LogP) is 4.20. The number of aliphatic hydroxyl groups excluding tert-OH is 1. The summed E-state index contributed by atoms with van der Waals surface area (Å²) >= 11 is 0. The Morgan fingerprint density at radius 3 is 2.50 bits per heavy atom. The fourth-order valence-corrected chi connectivity index (χ4v) is 6.55. The van der Waals surface area contributed by atoms with Gasteiger partial charge in [-0.25, -0.2) is 4.98 Å². The van der Waals surface area contributed by atoms with Gasteiger partial charge in [-0.05, 0) is 58.1 Å². The highest BCUT2D eigenvalue weighted by Gasteiger charge is 2.36. The van der Waals surface area contributed by atoms with Crippen LogP contribution in [0.3, 0.4) is 0 Å². The van der Waals surface area contributed by atoms with Crippen molar-refractivity contribution in [2.75, 3.05) is 24.6 Å². The Hall–Kier alpha value is -2.45. The molecule has 0 radical (unpaired) electrons. The molecule has 2 heterocycles. The fourth-order valence-electron chi connectivity index (χ4n) is 6.55. The Morgan fingerprint density at radius 2 is 1.81 bits per heavy atom. The number of aliphatic hydroxyl groups is 1. The smallest absolute Gasteiger partial charge is 0.323 e. The van der Waals surface area contributed by atoms with Crippen LogP contribution in [0.2, 0.25) is 0 Å². The summed E-state index contributed by atoms with van der Waals surface area (Å²) in [6.45, 7) is 3.85. The van der Waals surface area contributed by atoms with Crippen LogP contribution in [0.25, 0.3) is 11.0 Å². The molecule has 4 rings (SSSR count). The molecular formula is C28H42N4O4. The lowest BCUT2D eigenvalue weighted by Gasteiger charge is -2.38. The third-order valence-corrected chi connectivity index (χ3v) is 8.17. The van der Waals surface area contributed by atoms with Gasteiger partial charge in [-0.3, -0.25) is 14.5 Å². The Bertz CT molecular complexity index is 1080. The summed E-state index contributed by atoms with van der Waals surface area (Å²) in [6.07, 6.45) is 12.4. The summed E-state index contributed by atoms with van der Waals surface area (Å²) in [5, 5.41) is 18.9. The zero-order chi connectivity index (χ0) is 25.7. The van der Waals surface area contributed by atoms with E-state index in [0.29, 0.717) is 23.6 Å². The topological polar surface area (TPSA) is 98.9 Å². The maximum absolute atomic E-state index is 13.8. The molecule has 1 aliphatic heterocycles. The Labute approximate surface area is 213 Å². The van der Waals surface area contributed by atoms with Crippen LogP contribution in [-0.4, -0.2) is 68.5 Å². The van der Waals surface area contributed by atoms with E-state index in [1.807, 2.05) is 28.8 Å². The number of carboxylic acid groups (broad SMARTS) is 1. The van der Waals surface area contributed by atoms with E-state index in [1.165, 1.54) is 56.3 Å². The van der Waals surface area contributed by atoms with Crippen molar-refractivity contribution in [1.29, 1.82) is 0 Å². The monoisotopic (exact) mass is 498 g/mol. The Balaban J connectivity index is 1.66. The second-order valence-electron chi connectivity index (χ2n) is 10.7. The summed E-state index contributed by atoms with van der Waals surface area (Å²) in [4.78, 5) is 34.0. The molecule has 8 nitrogen and oxygen atoms in total. The molecule has 1 saturated carbocycles. The number of para-hydroxylation sites is 2. The van der Waals surface area contributed by atoms with Crippen molar-refractivity contribution in [1.82, 2.24) is 14.5 Å². The fraction of sp³-hybridized carbons (Fsp3) is 0.679. The van der Waals surface area contributed by atoms with Gasteiger partial charge in [-0.2, -0.15) is 0 Å². The quantitative estimate of drug-likeness (QED) is 0.535. The van der Waals surface area contributed by atoms with Crippen LogP contribution in [0.4, 0.5) is 5.82 Å². The third kappa shape index (κ3) is 5.92. The molecular weight excluding hydrogens is 456 g/mol. The third-order valence-electron chi connectivity index (χ3n) is 8.17. The van der Waals surface area contributed by atoms with Gasteiger partial charge in [0.2, 0.25) is 0 Å². The highest BCUT2D eigenvalue weighted by Crippen LogP contribution is 2.36. The van der Waals surface area contributed by atoms with Crippen molar-refractivity contribution < 1.29 is 15.0 Å². The summed E-state index contributed by atoms with van der Waals surface area (Å²) in [5.41, 5.74) is 1.13. The molecule has 1 saturated heterocycles. The number of benzene rings is 1. The number of hydrogen-bond donors (Lipinski definition) is 2. The first kappa shape index (κ1) is 26.6. The SMILES string of the molecule is C[C@H]1CC[C@@H](C[C@H](C)n2c(=O)c(N(CCO)CC(=O)O)nc3ccccc32)N1C1CCCCCCC1. The maximum Gasteiger partial charge on any atom is 0.323 e. The summed E-state index contributed by atoms with van der Waals surface area (Å²) in [7, 11) is 0. The van der Waals surface area contributed by atoms with Gasteiger partial charge in [0.05, 0.1) is 17.6 Å². The number of anilines is 1. The molecule has 2 aromatic rings. The second kappa shape index (κ2) is 12.2. The van der Waals surface area contributed by atoms with E-state index in [-0.39, 0.29) is 37.1 Å². The van der Waals surface area contributed by atoms with E-state index in [9.17, 15) is 19.8 Å². The van der Waals surface area contributed by atoms with Gasteiger partial charge < -0.3 is 19.7 Å². The van der Waals surface area contributed by atoms with Crippen LogP contribution in [0.15, 0.2) is 29.1 Å². The number of nitrogens with zero attached hydrogens (tertiary/aromatic N) is 4. The minimum absolute atomic E-state index is 0.0386. The molecule has 0 bridgehead atoms. The zero-order valence-corrected chi connectivity index (χ0v) is 21.8. The van der Waals surface area contributed by atoms with E-state index in [2.05, 4.69) is 23.7 Å². The number of hydrogen-bond acceptors (Lipinski definition) is 6. The van der Waals surface area contributed by atoms with Crippen molar-refractivity contribution in [3.63, 3.8) is 0 Å². The first-order valence-corrected chi connectivity index (χ1v) is 13.8. The summed E-state index contributed by atoms with van der Waals surface area (Å²) in [6, 6.07) is 9.10. The highest BCUT2D eigenvalue weighted by molar-refractivity contribution is 5.78. The molecule has 8 heteroatoms. The van der Waals surface area contributed by atoms with Crippen LogP contribution in [0.5, 0.6) is 0 Å². The van der Waals surface area contributed by atoms with E-state index in [4.69, 9.17) is 0 Å². The Kier molecular flexibility index (Phi) is 9.01. The lowest BCUT2D eigenvalue weighted by molar-refractivity contribution is -0.135. The number of aromatic nitrogens is 2. The number of likely N-dealkylation sites (tertiary alicyclic amines) is 1. The standard InChI is InChI=1S/C28H42N4O4/c1-20-14-15-23(31(20)22-10-6-4-3-5-7-11-22)18-21(2)32-25-13-9-8-12-24(25)29-27(28(32)36)30(16-17-33)19-26(34)35/h8-9,12-13,20-23,33H,3-7,10-11,14-19H2,1-2H3,(H,34,35)/t20-,21-,23-/m0/s1. The van der Waals surface area contributed by atoms with Crippen LogP contribution in [-0.2, 0) is 4.79 Å². The van der Waals surface area contributed by atoms with Crippen LogP contribution in [0, 0.1) is 0 Å². The van der Waals surface area contributed by atoms with Gasteiger partial charge in [0.1, 0.15) is 6.54 Å². The first-order valence-electron chi connectivity index (χ1n) is 13.8. The van der Waals surface area contributed by atoms with E-state index in [0.717, 1.165) is 18.4 Å². The van der Waals surface area contributed by atoms with E-state index >= 15 is 0 Å². The second-order valence-corrected chi connectivity index (χ2v) is 10.7. The average molecular weight is 499 g/mol. The predicted molar refractivity (Wildman–Crippen MR) is 143 cm³/mol. The van der Waals surface area contributed by atoms with Gasteiger partial charge in [0.25, 0.3) is 5.56 Å². The van der Waals surface area contributed by atoms with Gasteiger partial charge in [0.15, 0.2) is 5.82 Å². The number of fused-ring (bicyclic) bond motifs is 1. The van der Waals surface area contributed by atoms with Crippen molar-refractivity contribution in [3.8, 4) is 0 Å². The molecule has 1 aromatic carbocycles. The van der Waals surface area contributed by atoms with Crippen molar-refractivity contribution in [3.05, 3.63) is 34.6 Å². The van der Waals surface area contributed by atoms with Crippen LogP contribution >= 0.6 is 0 Å². The zero-order valence-electron chi connectivity index (χ0n) is 21.8. The van der Waals surface area contributed by atoms with E-state index in [1.54, 1.807) is 0 Å². The van der Waals surface area contributed by atoms with Crippen molar-refractivity contribution >= 4 is 22.8 Å². The summed E-state index contributed by atoms with van der Waals surface area (Å²) in [5.74, 6) is -0.971. The van der Waals surface area contributed by atoms with Gasteiger partial charge in [-0.1, -0.05) is 44.2 Å². The summed E-state index contributed by atoms with van der Waals surface area (Å²) < 4.78 is 1.81. The molecule has 2 fully saturated rings. The molecule has 0 amide bonds. The van der Waals surface area contributed by atoms with Gasteiger partial charge >= 0.3 is 5.97 Å². The number of aliphatic carboxylic acids is 1. The van der Waals surface area contributed by atoms with E-state index < -0.39 is 5.97 Å². The maximum atomic E-state index is 13.8. The van der Waals surface area contributed by atoms with Crippen LogP contribution < -0.4 is 10.5 Å². The molecule has 2 N–H and O–H groups in total. The molecule has 2 aliphatic rings. The molecule has 0 unspecified atom stereocenters. The minimum atomic E-state index is -1.06. The molecule has 1 aromatic heterocycles. The number of rotatable bonds is 9. The highest BCUT2D eigenvalue weighted by atomic mass is 16.4. The molecule has 0 spiro atoms. The van der Waals surface area contributed by atoms with Crippen molar-refractivity contribution in [2.45, 2.75) is 102 Å².